The van der Waals surface area contributed by atoms with Gasteiger partial charge in [-0.3, -0.25) is 14.0 Å². The molecule has 1 fully saturated rings. The fourth-order valence-corrected chi connectivity index (χ4v) is 4.85. The van der Waals surface area contributed by atoms with Crippen LogP contribution >= 0.6 is 11.8 Å². The van der Waals surface area contributed by atoms with Crippen LogP contribution in [0.25, 0.3) is 11.0 Å². The van der Waals surface area contributed by atoms with Crippen molar-refractivity contribution in [2.75, 3.05) is 37.6 Å². The maximum atomic E-state index is 13.5. The number of thioether (sulfide) groups is 1. The van der Waals surface area contributed by atoms with Gasteiger partial charge >= 0.3 is 5.69 Å². The summed E-state index contributed by atoms with van der Waals surface area (Å²) in [6.45, 7) is 5.30. The number of hydrogen-bond acceptors (Lipinski definition) is 5. The van der Waals surface area contributed by atoms with Gasteiger partial charge in [-0.05, 0) is 61.5 Å². The second-order valence-electron chi connectivity index (χ2n) is 7.82. The summed E-state index contributed by atoms with van der Waals surface area (Å²) in [4.78, 5) is 17.9. The molecular weight excluding hydrogens is 413 g/mol. The third kappa shape index (κ3) is 4.63. The zero-order chi connectivity index (χ0) is 21.8. The van der Waals surface area contributed by atoms with E-state index >= 15 is 0 Å². The first-order valence-corrected chi connectivity index (χ1v) is 11.4. The molecule has 1 saturated heterocycles. The molecule has 0 aliphatic carbocycles. The molecule has 6 nitrogen and oxygen atoms in total. The third-order valence-electron chi connectivity index (χ3n) is 5.95. The Balaban J connectivity index is 1.28. The highest BCUT2D eigenvalue weighted by Crippen LogP contribution is 2.31. The number of halogens is 1. The van der Waals surface area contributed by atoms with Crippen LogP contribution in [0, 0.1) is 16.5 Å². The van der Waals surface area contributed by atoms with Gasteiger partial charge in [0.15, 0.2) is 0 Å². The predicted octanol–water partition coefficient (Wildman–Crippen LogP) is 3.65. The number of imidazole rings is 1. The van der Waals surface area contributed by atoms with Crippen LogP contribution < -0.4 is 10.6 Å². The highest BCUT2D eigenvalue weighted by Gasteiger charge is 2.20. The summed E-state index contributed by atoms with van der Waals surface area (Å²) < 4.78 is 17.1. The lowest BCUT2D eigenvalue weighted by atomic mass is 10.2. The van der Waals surface area contributed by atoms with Crippen LogP contribution in [-0.4, -0.2) is 46.8 Å². The molecule has 162 valence electrons. The number of unbranched alkanes of at least 4 members (excludes halogenated alkanes) is 1. The fraction of sp³-hybridized carbons (Fsp3) is 0.391. The van der Waals surface area contributed by atoms with Gasteiger partial charge in [-0.2, -0.15) is 5.26 Å². The third-order valence-corrected chi connectivity index (χ3v) is 6.59. The molecule has 1 aromatic heterocycles. The summed E-state index contributed by atoms with van der Waals surface area (Å²) in [5, 5.41) is 11.0. The van der Waals surface area contributed by atoms with Crippen molar-refractivity contribution in [1.82, 2.24) is 14.0 Å². The van der Waals surface area contributed by atoms with E-state index in [1.807, 2.05) is 35.9 Å². The van der Waals surface area contributed by atoms with E-state index in [1.54, 1.807) is 10.6 Å². The summed E-state index contributed by atoms with van der Waals surface area (Å²) in [5.41, 5.74) is 2.94. The number of para-hydroxylation sites is 2. The van der Waals surface area contributed by atoms with Crippen LogP contribution in [0.1, 0.15) is 12.8 Å². The molecule has 2 aromatic carbocycles. The van der Waals surface area contributed by atoms with Crippen LogP contribution in [0.15, 0.2) is 52.2 Å². The highest BCUT2D eigenvalue weighted by molar-refractivity contribution is 8.03. The van der Waals surface area contributed by atoms with Gasteiger partial charge in [-0.15, -0.1) is 0 Å². The molecule has 0 spiro atoms. The molecule has 0 bridgehead atoms. The molecule has 0 amide bonds. The van der Waals surface area contributed by atoms with Gasteiger partial charge in [0.05, 0.1) is 16.7 Å². The van der Waals surface area contributed by atoms with E-state index in [4.69, 9.17) is 5.26 Å². The Hall–Kier alpha value is -2.76. The largest absolute Gasteiger partial charge is 0.368 e. The lowest BCUT2D eigenvalue weighted by molar-refractivity contribution is 0.251. The molecule has 0 saturated carbocycles. The second-order valence-corrected chi connectivity index (χ2v) is 8.65. The number of aryl methyl sites for hydroxylation is 2. The molecule has 0 unspecified atom stereocenters. The van der Waals surface area contributed by atoms with Crippen molar-refractivity contribution in [3.05, 3.63) is 58.8 Å². The van der Waals surface area contributed by atoms with E-state index in [0.29, 0.717) is 4.90 Å². The van der Waals surface area contributed by atoms with Gasteiger partial charge in [0.1, 0.15) is 11.2 Å². The maximum Gasteiger partial charge on any atom is 0.328 e. The van der Waals surface area contributed by atoms with E-state index in [-0.39, 0.29) is 11.5 Å². The molecule has 3 aromatic rings. The standard InChI is InChI=1S/C23H26FN5OS/c1-26-19-6-2-3-7-20(19)29(23(26)30)11-5-4-10-27-12-14-28(15-13-27)21-9-8-18(24)16-22(21)31-17-25/h2-3,6-9,16H,4-5,10-15H2,1H3. The Morgan fingerprint density at radius 3 is 2.48 bits per heavy atom. The molecule has 1 aliphatic rings. The van der Waals surface area contributed by atoms with Gasteiger partial charge in [-0.25, -0.2) is 9.18 Å². The lowest BCUT2D eigenvalue weighted by Gasteiger charge is -2.36. The van der Waals surface area contributed by atoms with Crippen molar-refractivity contribution >= 4 is 28.5 Å². The quantitative estimate of drug-likeness (QED) is 0.320. The Kier molecular flexibility index (Phi) is 6.64. The number of piperazine rings is 1. The van der Waals surface area contributed by atoms with Crippen molar-refractivity contribution in [3.8, 4) is 5.40 Å². The minimum Gasteiger partial charge on any atom is -0.368 e. The van der Waals surface area contributed by atoms with Gasteiger partial charge in [0, 0.05) is 44.7 Å². The minimum atomic E-state index is -0.314. The van der Waals surface area contributed by atoms with E-state index in [0.717, 1.165) is 80.6 Å². The topological polar surface area (TPSA) is 57.2 Å². The minimum absolute atomic E-state index is 0.0418. The molecular formula is C23H26FN5OS. The van der Waals surface area contributed by atoms with Gasteiger partial charge in [0.25, 0.3) is 0 Å². The number of nitriles is 1. The molecule has 2 heterocycles. The van der Waals surface area contributed by atoms with Gasteiger partial charge in [-0.1, -0.05) is 12.1 Å². The highest BCUT2D eigenvalue weighted by atomic mass is 32.2. The van der Waals surface area contributed by atoms with Crippen LogP contribution in [-0.2, 0) is 13.6 Å². The fourth-order valence-electron chi connectivity index (χ4n) is 4.28. The van der Waals surface area contributed by atoms with Gasteiger partial charge < -0.3 is 4.90 Å². The number of benzene rings is 2. The zero-order valence-electron chi connectivity index (χ0n) is 17.6. The van der Waals surface area contributed by atoms with Crippen LogP contribution in [0.3, 0.4) is 0 Å². The van der Waals surface area contributed by atoms with E-state index < -0.39 is 0 Å². The molecule has 8 heteroatoms. The number of hydrogen-bond donors (Lipinski definition) is 0. The Morgan fingerprint density at radius 2 is 1.74 bits per heavy atom. The lowest BCUT2D eigenvalue weighted by Crippen LogP contribution is -2.46. The number of thiocyanates is 1. The van der Waals surface area contributed by atoms with E-state index in [2.05, 4.69) is 15.2 Å². The summed E-state index contributed by atoms with van der Waals surface area (Å²) in [6.07, 6.45) is 1.98. The first kappa shape index (κ1) is 21.5. The summed E-state index contributed by atoms with van der Waals surface area (Å²) in [5.74, 6) is -0.314. The number of nitrogens with zero attached hydrogens (tertiary/aromatic N) is 5. The van der Waals surface area contributed by atoms with Crippen molar-refractivity contribution in [2.45, 2.75) is 24.3 Å². The zero-order valence-corrected chi connectivity index (χ0v) is 18.4. The Bertz CT molecular complexity index is 1160. The average Bonchev–Trinajstić information content (AvgIpc) is 3.02. The van der Waals surface area contributed by atoms with Crippen LogP contribution in [0.4, 0.5) is 10.1 Å². The second kappa shape index (κ2) is 9.58. The SMILES string of the molecule is Cn1c(=O)n(CCCCN2CCN(c3ccc(F)cc3SC#N)CC2)c2ccccc21. The smallest absolute Gasteiger partial charge is 0.328 e. The number of rotatable bonds is 7. The molecule has 31 heavy (non-hydrogen) atoms. The number of fused-ring (bicyclic) bond motifs is 1. The first-order chi connectivity index (χ1) is 15.1. The molecule has 1 aliphatic heterocycles. The van der Waals surface area contributed by atoms with E-state index in [1.165, 1.54) is 12.1 Å². The normalized spacial score (nSPS) is 14.8. The van der Waals surface area contributed by atoms with Gasteiger partial charge in [0.2, 0.25) is 0 Å². The summed E-state index contributed by atoms with van der Waals surface area (Å²) >= 11 is 1.01. The predicted molar refractivity (Wildman–Crippen MR) is 123 cm³/mol. The summed E-state index contributed by atoms with van der Waals surface area (Å²) in [6, 6.07) is 12.6. The van der Waals surface area contributed by atoms with E-state index in [9.17, 15) is 9.18 Å². The van der Waals surface area contributed by atoms with Crippen LogP contribution in [0.5, 0.6) is 0 Å². The average molecular weight is 440 g/mol. The molecule has 4 rings (SSSR count). The monoisotopic (exact) mass is 439 g/mol. The van der Waals surface area contributed by atoms with Crippen LogP contribution in [0.2, 0.25) is 0 Å². The van der Waals surface area contributed by atoms with Crippen molar-refractivity contribution in [3.63, 3.8) is 0 Å². The van der Waals surface area contributed by atoms with Crippen molar-refractivity contribution in [2.24, 2.45) is 7.05 Å². The van der Waals surface area contributed by atoms with Crippen molar-refractivity contribution < 1.29 is 4.39 Å². The molecule has 0 atom stereocenters. The summed E-state index contributed by atoms with van der Waals surface area (Å²) in [7, 11) is 1.82. The number of aromatic nitrogens is 2. The molecule has 0 N–H and O–H groups in total. The maximum absolute atomic E-state index is 13.5. The Morgan fingerprint density at radius 1 is 1.03 bits per heavy atom. The first-order valence-electron chi connectivity index (χ1n) is 10.6. The Labute approximate surface area is 185 Å². The number of anilines is 1. The molecule has 0 radical (unpaired) electrons. The van der Waals surface area contributed by atoms with Crippen molar-refractivity contribution in [1.29, 1.82) is 5.26 Å².